The van der Waals surface area contributed by atoms with Crippen molar-refractivity contribution in [2.75, 3.05) is 32.8 Å². The van der Waals surface area contributed by atoms with Crippen molar-refractivity contribution >= 4 is 23.9 Å². The highest BCUT2D eigenvalue weighted by atomic mass is 16.5. The first-order valence-corrected chi connectivity index (χ1v) is 11.8. The van der Waals surface area contributed by atoms with Gasteiger partial charge in [0.2, 0.25) is 11.8 Å². The molecule has 9 heteroatoms. The summed E-state index contributed by atoms with van der Waals surface area (Å²) in [7, 11) is 0. The van der Waals surface area contributed by atoms with Gasteiger partial charge in [-0.05, 0) is 41.0 Å². The van der Waals surface area contributed by atoms with Gasteiger partial charge in [-0.1, -0.05) is 48.5 Å². The number of carboxylic acids is 1. The van der Waals surface area contributed by atoms with Crippen molar-refractivity contribution in [1.82, 2.24) is 15.5 Å². The second kappa shape index (κ2) is 11.0. The van der Waals surface area contributed by atoms with Gasteiger partial charge in [-0.15, -0.1) is 0 Å². The van der Waals surface area contributed by atoms with Gasteiger partial charge in [0, 0.05) is 25.4 Å². The number of alkyl carbamates (subject to hydrolysis) is 1. The van der Waals surface area contributed by atoms with E-state index in [0.717, 1.165) is 22.3 Å². The first-order valence-electron chi connectivity index (χ1n) is 11.8. The van der Waals surface area contributed by atoms with Crippen molar-refractivity contribution in [3.8, 4) is 11.1 Å². The summed E-state index contributed by atoms with van der Waals surface area (Å²) in [6.07, 6.45) is 0.680. The fourth-order valence-corrected chi connectivity index (χ4v) is 4.78. The average Bonchev–Trinajstić information content (AvgIpc) is 3.18. The number of hydrogen-bond donors (Lipinski definition) is 3. The molecule has 1 aliphatic carbocycles. The summed E-state index contributed by atoms with van der Waals surface area (Å²) < 4.78 is 5.40. The highest BCUT2D eigenvalue weighted by Crippen LogP contribution is 2.44. The van der Waals surface area contributed by atoms with E-state index in [1.165, 1.54) is 0 Å². The van der Waals surface area contributed by atoms with E-state index in [1.807, 2.05) is 36.4 Å². The van der Waals surface area contributed by atoms with Crippen LogP contribution in [0.1, 0.15) is 36.3 Å². The number of carbonyl (C=O) groups excluding carboxylic acids is 3. The van der Waals surface area contributed by atoms with Gasteiger partial charge in [0.25, 0.3) is 0 Å². The van der Waals surface area contributed by atoms with Crippen LogP contribution in [0.4, 0.5) is 4.79 Å². The molecular formula is C26H29N3O6. The second-order valence-corrected chi connectivity index (χ2v) is 8.88. The van der Waals surface area contributed by atoms with Crippen LogP contribution in [0.25, 0.3) is 11.1 Å². The fraction of sp³-hybridized carbons (Fsp3) is 0.385. The first-order chi connectivity index (χ1) is 16.9. The van der Waals surface area contributed by atoms with E-state index < -0.39 is 18.0 Å². The second-order valence-electron chi connectivity index (χ2n) is 8.88. The van der Waals surface area contributed by atoms with Crippen LogP contribution in [0.2, 0.25) is 0 Å². The number of rotatable bonds is 8. The van der Waals surface area contributed by atoms with Crippen molar-refractivity contribution < 1.29 is 29.0 Å². The molecule has 0 spiro atoms. The Bertz CT molecular complexity index is 1060. The minimum atomic E-state index is -0.828. The fourth-order valence-electron chi connectivity index (χ4n) is 4.78. The van der Waals surface area contributed by atoms with Crippen molar-refractivity contribution in [3.63, 3.8) is 0 Å². The van der Waals surface area contributed by atoms with Gasteiger partial charge < -0.3 is 25.4 Å². The zero-order valence-corrected chi connectivity index (χ0v) is 19.4. The Balaban J connectivity index is 1.17. The monoisotopic (exact) mass is 479 g/mol. The van der Waals surface area contributed by atoms with Gasteiger partial charge in [0.15, 0.2) is 0 Å². The van der Waals surface area contributed by atoms with Crippen LogP contribution in [0.3, 0.4) is 0 Å². The molecule has 2 aliphatic rings. The van der Waals surface area contributed by atoms with Crippen LogP contribution in [-0.4, -0.2) is 66.7 Å². The van der Waals surface area contributed by atoms with Gasteiger partial charge in [-0.3, -0.25) is 14.4 Å². The molecule has 2 aromatic carbocycles. The smallest absolute Gasteiger partial charge is 0.407 e. The molecule has 0 bridgehead atoms. The summed E-state index contributed by atoms with van der Waals surface area (Å²) >= 11 is 0. The molecule has 3 amide bonds. The standard InChI is InChI=1S/C26H29N3O6/c30-23(27-15-24(31)29-11-9-17(10-12-29)13-25(32)33)14-28-26(34)35-16-22-20-7-3-1-5-18(20)19-6-2-4-8-21(19)22/h1-8,17,22H,9-16H2,(H,27,30)(H,28,34)(H,32,33). The number of benzene rings is 2. The maximum absolute atomic E-state index is 12.3. The molecule has 184 valence electrons. The normalized spacial score (nSPS) is 15.1. The van der Waals surface area contributed by atoms with Crippen molar-refractivity contribution in [2.45, 2.75) is 25.2 Å². The summed E-state index contributed by atoms with van der Waals surface area (Å²) in [6.45, 7) is 0.631. The molecule has 0 saturated carbocycles. The third-order valence-corrected chi connectivity index (χ3v) is 6.60. The number of hydrogen-bond acceptors (Lipinski definition) is 5. The topological polar surface area (TPSA) is 125 Å². The van der Waals surface area contributed by atoms with Gasteiger partial charge in [-0.25, -0.2) is 4.79 Å². The van der Waals surface area contributed by atoms with E-state index in [2.05, 4.69) is 22.8 Å². The predicted octanol–water partition coefficient (Wildman–Crippen LogP) is 2.35. The van der Waals surface area contributed by atoms with Gasteiger partial charge in [-0.2, -0.15) is 0 Å². The lowest BCUT2D eigenvalue weighted by Crippen LogP contribution is -2.46. The number of carboxylic acid groups (broad SMARTS) is 1. The SMILES string of the molecule is O=C(O)CC1CCN(C(=O)CNC(=O)CNC(=O)OCC2c3ccccc3-c3ccccc32)CC1. The molecular weight excluding hydrogens is 450 g/mol. The van der Waals surface area contributed by atoms with Crippen molar-refractivity contribution in [1.29, 1.82) is 0 Å². The van der Waals surface area contributed by atoms with Gasteiger partial charge >= 0.3 is 12.1 Å². The number of fused-ring (bicyclic) bond motifs is 3. The molecule has 35 heavy (non-hydrogen) atoms. The Kier molecular flexibility index (Phi) is 7.64. The Morgan fingerprint density at radius 2 is 1.49 bits per heavy atom. The number of nitrogens with one attached hydrogen (secondary N) is 2. The average molecular weight is 480 g/mol. The molecule has 0 aromatic heterocycles. The predicted molar refractivity (Wildman–Crippen MR) is 128 cm³/mol. The number of aliphatic carboxylic acids is 1. The molecule has 9 nitrogen and oxygen atoms in total. The lowest BCUT2D eigenvalue weighted by atomic mass is 9.93. The minimum absolute atomic E-state index is 0.0702. The lowest BCUT2D eigenvalue weighted by molar-refractivity contribution is -0.139. The Labute approximate surface area is 203 Å². The van der Waals surface area contributed by atoms with E-state index in [0.29, 0.717) is 25.9 Å². The molecule has 2 aromatic rings. The molecule has 0 radical (unpaired) electrons. The van der Waals surface area contributed by atoms with Crippen LogP contribution in [0, 0.1) is 5.92 Å². The molecule has 0 atom stereocenters. The maximum atomic E-state index is 12.3. The quantitative estimate of drug-likeness (QED) is 0.534. The van der Waals surface area contributed by atoms with Crippen LogP contribution >= 0.6 is 0 Å². The number of piperidine rings is 1. The van der Waals surface area contributed by atoms with E-state index >= 15 is 0 Å². The zero-order valence-electron chi connectivity index (χ0n) is 19.4. The number of likely N-dealkylation sites (tertiary alicyclic amines) is 1. The van der Waals surface area contributed by atoms with E-state index in [-0.39, 0.29) is 43.9 Å². The molecule has 1 saturated heterocycles. The molecule has 1 fully saturated rings. The van der Waals surface area contributed by atoms with E-state index in [1.54, 1.807) is 4.90 Å². The zero-order chi connectivity index (χ0) is 24.8. The maximum Gasteiger partial charge on any atom is 0.407 e. The summed E-state index contributed by atoms with van der Waals surface area (Å²) in [5.74, 6) is -1.54. The Hall–Kier alpha value is -3.88. The van der Waals surface area contributed by atoms with Crippen molar-refractivity contribution in [2.24, 2.45) is 5.92 Å². The summed E-state index contributed by atoms with van der Waals surface area (Å²) in [6, 6.07) is 16.0. The van der Waals surface area contributed by atoms with Crippen LogP contribution in [0.15, 0.2) is 48.5 Å². The molecule has 1 aliphatic heterocycles. The summed E-state index contributed by atoms with van der Waals surface area (Å²) in [4.78, 5) is 49.0. The molecule has 4 rings (SSSR count). The number of carbonyl (C=O) groups is 4. The molecule has 1 heterocycles. The highest BCUT2D eigenvalue weighted by molar-refractivity contribution is 5.87. The summed E-state index contributed by atoms with van der Waals surface area (Å²) in [5, 5.41) is 13.8. The van der Waals surface area contributed by atoms with Crippen LogP contribution < -0.4 is 10.6 Å². The first kappa shape index (κ1) is 24.3. The Morgan fingerprint density at radius 3 is 2.09 bits per heavy atom. The lowest BCUT2D eigenvalue weighted by Gasteiger charge is -2.31. The number of amides is 3. The third-order valence-electron chi connectivity index (χ3n) is 6.60. The molecule has 0 unspecified atom stereocenters. The molecule has 3 N–H and O–H groups in total. The number of nitrogens with zero attached hydrogens (tertiary/aromatic N) is 1. The third kappa shape index (κ3) is 5.98. The highest BCUT2D eigenvalue weighted by Gasteiger charge is 2.29. The van der Waals surface area contributed by atoms with Crippen LogP contribution in [0.5, 0.6) is 0 Å². The van der Waals surface area contributed by atoms with Crippen molar-refractivity contribution in [3.05, 3.63) is 59.7 Å². The summed E-state index contributed by atoms with van der Waals surface area (Å²) in [5.41, 5.74) is 4.47. The van der Waals surface area contributed by atoms with Gasteiger partial charge in [0.05, 0.1) is 6.54 Å². The van der Waals surface area contributed by atoms with Crippen LogP contribution in [-0.2, 0) is 19.1 Å². The van der Waals surface area contributed by atoms with Gasteiger partial charge in [0.1, 0.15) is 13.2 Å². The largest absolute Gasteiger partial charge is 0.481 e. The number of ether oxygens (including phenoxy) is 1. The Morgan fingerprint density at radius 1 is 0.886 bits per heavy atom. The minimum Gasteiger partial charge on any atom is -0.481 e. The van der Waals surface area contributed by atoms with E-state index in [9.17, 15) is 19.2 Å². The van der Waals surface area contributed by atoms with E-state index in [4.69, 9.17) is 9.84 Å².